The molecule has 0 aliphatic carbocycles. The lowest BCUT2D eigenvalue weighted by atomic mass is 10.1. The molecule has 5 heteroatoms. The minimum absolute atomic E-state index is 0.436. The molecule has 2 N–H and O–H groups in total. The summed E-state index contributed by atoms with van der Waals surface area (Å²) in [5.41, 5.74) is 8.35. The summed E-state index contributed by atoms with van der Waals surface area (Å²) < 4.78 is 6.85. The average molecular weight is 252 g/mol. The van der Waals surface area contributed by atoms with Crippen LogP contribution in [-0.4, -0.2) is 16.9 Å². The van der Waals surface area contributed by atoms with Gasteiger partial charge in [-0.1, -0.05) is 11.6 Å². The molecule has 0 radical (unpaired) electrons. The van der Waals surface area contributed by atoms with E-state index in [1.807, 2.05) is 25.4 Å². The maximum absolute atomic E-state index is 6.21. The molecule has 2 rings (SSSR count). The van der Waals surface area contributed by atoms with Crippen molar-refractivity contribution in [3.63, 3.8) is 0 Å². The van der Waals surface area contributed by atoms with Crippen molar-refractivity contribution < 1.29 is 4.74 Å². The highest BCUT2D eigenvalue weighted by atomic mass is 35.5. The third-order valence-corrected chi connectivity index (χ3v) is 2.87. The molecule has 0 saturated carbocycles. The summed E-state index contributed by atoms with van der Waals surface area (Å²) in [6.07, 6.45) is 1.90. The largest absolute Gasteiger partial charge is 0.497 e. The number of nitrogens with two attached hydrogens (primary N) is 1. The molecular formula is C12H14ClN3O. The van der Waals surface area contributed by atoms with Gasteiger partial charge in [0.15, 0.2) is 0 Å². The standard InChI is InChI=1S/C12H14ClN3O/c1-16-7-8(6-14)12(15-16)10-4-3-9(17-2)5-11(10)13/h3-5,7H,6,14H2,1-2H3. The molecule has 4 nitrogen and oxygen atoms in total. The van der Waals surface area contributed by atoms with Gasteiger partial charge in [0.25, 0.3) is 0 Å². The minimum Gasteiger partial charge on any atom is -0.497 e. The van der Waals surface area contributed by atoms with Gasteiger partial charge in [0.2, 0.25) is 0 Å². The van der Waals surface area contributed by atoms with Gasteiger partial charge in [-0.05, 0) is 18.2 Å². The summed E-state index contributed by atoms with van der Waals surface area (Å²) in [4.78, 5) is 0. The molecular weight excluding hydrogens is 238 g/mol. The number of hydrogen-bond acceptors (Lipinski definition) is 3. The summed E-state index contributed by atoms with van der Waals surface area (Å²) in [6, 6.07) is 5.52. The highest BCUT2D eigenvalue weighted by Crippen LogP contribution is 2.31. The van der Waals surface area contributed by atoms with Gasteiger partial charge in [0, 0.05) is 30.9 Å². The molecule has 0 atom stereocenters. The number of halogens is 1. The zero-order valence-corrected chi connectivity index (χ0v) is 10.5. The number of aryl methyl sites for hydroxylation is 1. The van der Waals surface area contributed by atoms with Gasteiger partial charge in [-0.25, -0.2) is 0 Å². The second kappa shape index (κ2) is 4.77. The molecule has 1 aromatic carbocycles. The van der Waals surface area contributed by atoms with E-state index < -0.39 is 0 Å². The Morgan fingerprint density at radius 1 is 1.47 bits per heavy atom. The Hall–Kier alpha value is -1.52. The minimum atomic E-state index is 0.436. The summed E-state index contributed by atoms with van der Waals surface area (Å²) in [6.45, 7) is 0.436. The Bertz CT molecular complexity index is 537. The predicted octanol–water partition coefficient (Wildman–Crippen LogP) is 2.21. The molecule has 1 aromatic heterocycles. The molecule has 1 heterocycles. The van der Waals surface area contributed by atoms with Crippen LogP contribution in [-0.2, 0) is 13.6 Å². The van der Waals surface area contributed by atoms with E-state index in [-0.39, 0.29) is 0 Å². The number of benzene rings is 1. The first-order valence-electron chi connectivity index (χ1n) is 5.22. The first kappa shape index (κ1) is 12.0. The molecule has 0 unspecified atom stereocenters. The molecule has 17 heavy (non-hydrogen) atoms. The van der Waals surface area contributed by atoms with Gasteiger partial charge >= 0.3 is 0 Å². The van der Waals surface area contributed by atoms with Crippen LogP contribution in [0.5, 0.6) is 5.75 Å². The van der Waals surface area contributed by atoms with Crippen molar-refractivity contribution in [2.75, 3.05) is 7.11 Å². The van der Waals surface area contributed by atoms with Gasteiger partial charge in [-0.2, -0.15) is 5.10 Å². The van der Waals surface area contributed by atoms with E-state index in [4.69, 9.17) is 22.1 Å². The molecule has 0 bridgehead atoms. The fraction of sp³-hybridized carbons (Fsp3) is 0.250. The quantitative estimate of drug-likeness (QED) is 0.910. The number of hydrogen-bond donors (Lipinski definition) is 1. The summed E-state index contributed by atoms with van der Waals surface area (Å²) >= 11 is 6.21. The Balaban J connectivity index is 2.52. The van der Waals surface area contributed by atoms with Crippen molar-refractivity contribution in [3.05, 3.63) is 35.0 Å². The number of nitrogens with zero attached hydrogens (tertiary/aromatic N) is 2. The van der Waals surface area contributed by atoms with Gasteiger partial charge in [0.05, 0.1) is 17.8 Å². The van der Waals surface area contributed by atoms with Crippen molar-refractivity contribution >= 4 is 11.6 Å². The first-order valence-corrected chi connectivity index (χ1v) is 5.60. The van der Waals surface area contributed by atoms with Crippen LogP contribution in [0, 0.1) is 0 Å². The van der Waals surface area contributed by atoms with Crippen molar-refractivity contribution in [2.24, 2.45) is 12.8 Å². The van der Waals surface area contributed by atoms with E-state index in [0.717, 1.165) is 22.6 Å². The normalized spacial score (nSPS) is 10.6. The van der Waals surface area contributed by atoms with Crippen LogP contribution in [0.25, 0.3) is 11.3 Å². The molecule has 0 spiro atoms. The molecule has 0 saturated heterocycles. The average Bonchev–Trinajstić information content (AvgIpc) is 2.70. The van der Waals surface area contributed by atoms with E-state index in [0.29, 0.717) is 11.6 Å². The van der Waals surface area contributed by atoms with Crippen LogP contribution in [0.15, 0.2) is 24.4 Å². The number of methoxy groups -OCH3 is 1. The highest BCUT2D eigenvalue weighted by molar-refractivity contribution is 6.33. The van der Waals surface area contributed by atoms with E-state index in [2.05, 4.69) is 5.10 Å². The van der Waals surface area contributed by atoms with Gasteiger partial charge in [0.1, 0.15) is 5.75 Å². The van der Waals surface area contributed by atoms with E-state index in [1.54, 1.807) is 17.9 Å². The van der Waals surface area contributed by atoms with Crippen LogP contribution < -0.4 is 10.5 Å². The lowest BCUT2D eigenvalue weighted by Crippen LogP contribution is -1.97. The van der Waals surface area contributed by atoms with E-state index in [1.165, 1.54) is 0 Å². The topological polar surface area (TPSA) is 53.1 Å². The van der Waals surface area contributed by atoms with Crippen LogP contribution in [0.1, 0.15) is 5.56 Å². The van der Waals surface area contributed by atoms with Crippen molar-refractivity contribution in [1.82, 2.24) is 9.78 Å². The van der Waals surface area contributed by atoms with Crippen molar-refractivity contribution in [2.45, 2.75) is 6.54 Å². The molecule has 0 aliphatic rings. The van der Waals surface area contributed by atoms with E-state index in [9.17, 15) is 0 Å². The van der Waals surface area contributed by atoms with Crippen LogP contribution >= 0.6 is 11.6 Å². The molecule has 0 aliphatic heterocycles. The predicted molar refractivity (Wildman–Crippen MR) is 68.1 cm³/mol. The van der Waals surface area contributed by atoms with Crippen LogP contribution in [0.3, 0.4) is 0 Å². The first-order chi connectivity index (χ1) is 8.15. The SMILES string of the molecule is COc1ccc(-c2nn(C)cc2CN)c(Cl)c1. The lowest BCUT2D eigenvalue weighted by molar-refractivity contribution is 0.415. The second-order valence-electron chi connectivity index (χ2n) is 3.73. The van der Waals surface area contributed by atoms with Gasteiger partial charge in [-0.3, -0.25) is 4.68 Å². The Labute approximate surface area is 105 Å². The number of ether oxygens (including phenoxy) is 1. The van der Waals surface area contributed by atoms with Crippen molar-refractivity contribution in [3.8, 4) is 17.0 Å². The Kier molecular flexibility index (Phi) is 3.36. The highest BCUT2D eigenvalue weighted by Gasteiger charge is 2.12. The molecule has 2 aromatic rings. The monoisotopic (exact) mass is 251 g/mol. The fourth-order valence-electron chi connectivity index (χ4n) is 1.73. The summed E-state index contributed by atoms with van der Waals surface area (Å²) in [5, 5.41) is 4.99. The third-order valence-electron chi connectivity index (χ3n) is 2.56. The molecule has 0 amide bonds. The van der Waals surface area contributed by atoms with Gasteiger partial charge < -0.3 is 10.5 Å². The number of aromatic nitrogens is 2. The smallest absolute Gasteiger partial charge is 0.120 e. The maximum atomic E-state index is 6.21. The summed E-state index contributed by atoms with van der Waals surface area (Å²) in [5.74, 6) is 0.726. The van der Waals surface area contributed by atoms with Crippen molar-refractivity contribution in [1.29, 1.82) is 0 Å². The molecule has 90 valence electrons. The second-order valence-corrected chi connectivity index (χ2v) is 4.13. The summed E-state index contributed by atoms with van der Waals surface area (Å²) in [7, 11) is 3.47. The third kappa shape index (κ3) is 2.28. The van der Waals surface area contributed by atoms with Crippen LogP contribution in [0.4, 0.5) is 0 Å². The lowest BCUT2D eigenvalue weighted by Gasteiger charge is -2.05. The molecule has 0 fully saturated rings. The zero-order valence-electron chi connectivity index (χ0n) is 9.77. The van der Waals surface area contributed by atoms with Crippen LogP contribution in [0.2, 0.25) is 5.02 Å². The maximum Gasteiger partial charge on any atom is 0.120 e. The fourth-order valence-corrected chi connectivity index (χ4v) is 1.99. The Morgan fingerprint density at radius 2 is 2.24 bits per heavy atom. The van der Waals surface area contributed by atoms with E-state index >= 15 is 0 Å². The Morgan fingerprint density at radius 3 is 2.82 bits per heavy atom. The number of rotatable bonds is 3. The zero-order chi connectivity index (χ0) is 12.4. The van der Waals surface area contributed by atoms with Gasteiger partial charge in [-0.15, -0.1) is 0 Å².